The summed E-state index contributed by atoms with van der Waals surface area (Å²) in [4.78, 5) is 12.5. The number of nitrogens with one attached hydrogen (secondary N) is 1. The highest BCUT2D eigenvalue weighted by molar-refractivity contribution is 5.76. The van der Waals surface area contributed by atoms with Gasteiger partial charge in [-0.05, 0) is 70.6 Å². The maximum atomic E-state index is 12.5. The van der Waals surface area contributed by atoms with E-state index in [0.717, 1.165) is 51.4 Å². The molecule has 5 heteroatoms. The minimum atomic E-state index is -1.16. The van der Waals surface area contributed by atoms with Crippen LogP contribution in [-0.4, -0.2) is 46.1 Å². The Labute approximate surface area is 362 Å². The van der Waals surface area contributed by atoms with Gasteiger partial charge in [0.25, 0.3) is 0 Å². The summed E-state index contributed by atoms with van der Waals surface area (Å²) in [5.74, 6) is -0.160. The second-order valence-corrected chi connectivity index (χ2v) is 17.7. The molecule has 3 atom stereocenters. The Balaban J connectivity index is 3.63. The Morgan fingerprint density at radius 1 is 0.431 bits per heavy atom. The van der Waals surface area contributed by atoms with E-state index < -0.39 is 18.2 Å². The summed E-state index contributed by atoms with van der Waals surface area (Å²) in [5, 5.41) is 33.7. The number of hydrogen-bond acceptors (Lipinski definition) is 4. The molecular formula is C53H101NO4. The van der Waals surface area contributed by atoms with Gasteiger partial charge in [-0.3, -0.25) is 4.79 Å². The monoisotopic (exact) mass is 816 g/mol. The van der Waals surface area contributed by atoms with Gasteiger partial charge in [0.05, 0.1) is 18.8 Å². The molecular weight excluding hydrogens is 715 g/mol. The van der Waals surface area contributed by atoms with E-state index in [1.807, 2.05) is 0 Å². The van der Waals surface area contributed by atoms with Crippen LogP contribution in [0.3, 0.4) is 0 Å². The van der Waals surface area contributed by atoms with Crippen LogP contribution in [0.4, 0.5) is 0 Å². The Bertz CT molecular complexity index is 901. The first-order valence-corrected chi connectivity index (χ1v) is 25.8. The first-order chi connectivity index (χ1) is 28.6. The van der Waals surface area contributed by atoms with Gasteiger partial charge in [0.2, 0.25) is 5.91 Å². The summed E-state index contributed by atoms with van der Waals surface area (Å²) in [6, 6.07) is -0.831. The molecule has 0 rings (SSSR count). The van der Waals surface area contributed by atoms with Gasteiger partial charge in [0.15, 0.2) is 0 Å². The lowest BCUT2D eigenvalue weighted by Gasteiger charge is -2.26. The number of aliphatic hydroxyl groups excluding tert-OH is 3. The minimum Gasteiger partial charge on any atom is -0.394 e. The first kappa shape index (κ1) is 56.6. The summed E-state index contributed by atoms with van der Waals surface area (Å²) >= 11 is 0. The number of unbranched alkanes of at least 4 members (excludes halogenated alkanes) is 33. The zero-order valence-corrected chi connectivity index (χ0v) is 38.9. The summed E-state index contributed by atoms with van der Waals surface area (Å²) in [6.07, 6.45) is 61.3. The van der Waals surface area contributed by atoms with Crippen LogP contribution >= 0.6 is 0 Å². The van der Waals surface area contributed by atoms with Gasteiger partial charge in [0, 0.05) is 6.42 Å². The molecule has 0 fully saturated rings. The van der Waals surface area contributed by atoms with Gasteiger partial charge >= 0.3 is 0 Å². The lowest BCUT2D eigenvalue weighted by Crippen LogP contribution is -2.50. The highest BCUT2D eigenvalue weighted by atomic mass is 16.3. The number of carbonyl (C=O) groups is 1. The van der Waals surface area contributed by atoms with Gasteiger partial charge in [-0.1, -0.05) is 230 Å². The van der Waals surface area contributed by atoms with Gasteiger partial charge in [0.1, 0.15) is 6.10 Å². The minimum absolute atomic E-state index is 0.160. The van der Waals surface area contributed by atoms with E-state index in [0.29, 0.717) is 12.8 Å². The summed E-state index contributed by atoms with van der Waals surface area (Å²) in [7, 11) is 0. The molecule has 5 nitrogen and oxygen atoms in total. The van der Waals surface area contributed by atoms with Gasteiger partial charge in [-0.15, -0.1) is 0 Å². The van der Waals surface area contributed by atoms with Crippen LogP contribution in [0, 0.1) is 0 Å². The van der Waals surface area contributed by atoms with E-state index in [1.54, 1.807) is 0 Å². The van der Waals surface area contributed by atoms with Crippen LogP contribution in [-0.2, 0) is 4.79 Å². The van der Waals surface area contributed by atoms with E-state index in [9.17, 15) is 20.1 Å². The van der Waals surface area contributed by atoms with Crippen LogP contribution in [0.5, 0.6) is 0 Å². The highest BCUT2D eigenvalue weighted by Gasteiger charge is 2.26. The smallest absolute Gasteiger partial charge is 0.220 e. The molecule has 342 valence electrons. The topological polar surface area (TPSA) is 89.8 Å². The lowest BCUT2D eigenvalue weighted by atomic mass is 10.0. The molecule has 3 unspecified atom stereocenters. The highest BCUT2D eigenvalue weighted by Crippen LogP contribution is 2.16. The molecule has 0 saturated carbocycles. The van der Waals surface area contributed by atoms with E-state index >= 15 is 0 Å². The number of hydrogen-bond donors (Lipinski definition) is 4. The molecule has 0 aliphatic carbocycles. The van der Waals surface area contributed by atoms with E-state index in [4.69, 9.17) is 0 Å². The SMILES string of the molecule is CCCCCCCCCCC/C=C\C/C=C\CCCCCCCCCC(=O)NC(CO)C(O)C(O)CCC/C=C/CCCCCCCCCCCCCCCCCC. The molecule has 0 aliphatic rings. The number of aliphatic hydroxyl groups is 3. The standard InChI is InChI=1S/C53H101NO4/c1-3-5-7-9-11-13-15-17-19-21-23-25-26-28-30-32-34-36-38-40-42-44-46-48-52(57)54-50(49-55)53(58)51(56)47-45-43-41-39-37-35-33-31-29-27-24-22-20-18-16-14-12-10-8-6-4-2/h23,25,28,30,39,41,50-51,53,55-56,58H,3-22,24,26-27,29,31-38,40,42-49H2,1-2H3,(H,54,57)/b25-23-,30-28-,41-39+. The normalized spacial score (nSPS) is 13.7. The van der Waals surface area contributed by atoms with Crippen LogP contribution in [0.15, 0.2) is 36.5 Å². The fourth-order valence-corrected chi connectivity index (χ4v) is 7.96. The molecule has 58 heavy (non-hydrogen) atoms. The van der Waals surface area contributed by atoms with Crippen molar-refractivity contribution in [1.29, 1.82) is 0 Å². The molecule has 0 bridgehead atoms. The van der Waals surface area contributed by atoms with Gasteiger partial charge in [-0.25, -0.2) is 0 Å². The zero-order chi connectivity index (χ0) is 42.3. The fourth-order valence-electron chi connectivity index (χ4n) is 7.96. The predicted molar refractivity (Wildman–Crippen MR) is 254 cm³/mol. The Morgan fingerprint density at radius 3 is 1.10 bits per heavy atom. The molecule has 0 heterocycles. The molecule has 0 aromatic heterocycles. The second kappa shape index (κ2) is 48.2. The molecule has 0 saturated heterocycles. The molecule has 0 aliphatic heterocycles. The molecule has 0 aromatic carbocycles. The van der Waals surface area contributed by atoms with Gasteiger partial charge in [-0.2, -0.15) is 0 Å². The van der Waals surface area contributed by atoms with E-state index in [2.05, 4.69) is 55.6 Å². The van der Waals surface area contributed by atoms with Crippen molar-refractivity contribution in [3.05, 3.63) is 36.5 Å². The third-order valence-electron chi connectivity index (χ3n) is 12.0. The summed E-state index contributed by atoms with van der Waals surface area (Å²) < 4.78 is 0. The molecule has 1 amide bonds. The van der Waals surface area contributed by atoms with Crippen molar-refractivity contribution in [3.8, 4) is 0 Å². The Kier molecular flexibility index (Phi) is 47.0. The van der Waals surface area contributed by atoms with Crippen LogP contribution < -0.4 is 5.32 Å². The van der Waals surface area contributed by atoms with Crippen molar-refractivity contribution in [2.45, 2.75) is 289 Å². The molecule has 0 radical (unpaired) electrons. The first-order valence-electron chi connectivity index (χ1n) is 25.8. The van der Waals surface area contributed by atoms with Crippen molar-refractivity contribution in [2.24, 2.45) is 0 Å². The number of carbonyl (C=O) groups excluding carboxylic acids is 1. The average Bonchev–Trinajstić information content (AvgIpc) is 3.23. The maximum absolute atomic E-state index is 12.5. The summed E-state index contributed by atoms with van der Waals surface area (Å²) in [5.41, 5.74) is 0. The Hall–Kier alpha value is -1.43. The van der Waals surface area contributed by atoms with Crippen LogP contribution in [0.2, 0.25) is 0 Å². The lowest BCUT2D eigenvalue weighted by molar-refractivity contribution is -0.124. The largest absolute Gasteiger partial charge is 0.394 e. The maximum Gasteiger partial charge on any atom is 0.220 e. The number of amides is 1. The van der Waals surface area contributed by atoms with Crippen molar-refractivity contribution >= 4 is 5.91 Å². The molecule has 4 N–H and O–H groups in total. The number of allylic oxidation sites excluding steroid dienone is 6. The number of rotatable bonds is 47. The average molecular weight is 816 g/mol. The van der Waals surface area contributed by atoms with Crippen LogP contribution in [0.25, 0.3) is 0 Å². The van der Waals surface area contributed by atoms with E-state index in [1.165, 1.54) is 193 Å². The quantitative estimate of drug-likeness (QED) is 0.0364. The Morgan fingerprint density at radius 2 is 0.741 bits per heavy atom. The van der Waals surface area contributed by atoms with Crippen molar-refractivity contribution in [3.63, 3.8) is 0 Å². The second-order valence-electron chi connectivity index (χ2n) is 17.7. The zero-order valence-electron chi connectivity index (χ0n) is 38.9. The molecule has 0 aromatic rings. The summed E-state index contributed by atoms with van der Waals surface area (Å²) in [6.45, 7) is 4.19. The predicted octanol–water partition coefficient (Wildman–Crippen LogP) is 15.5. The fraction of sp³-hybridized carbons (Fsp3) is 0.868. The van der Waals surface area contributed by atoms with E-state index in [-0.39, 0.29) is 12.5 Å². The van der Waals surface area contributed by atoms with Crippen molar-refractivity contribution < 1.29 is 20.1 Å². The van der Waals surface area contributed by atoms with Crippen molar-refractivity contribution in [1.82, 2.24) is 5.32 Å². The molecule has 0 spiro atoms. The third kappa shape index (κ3) is 42.7. The van der Waals surface area contributed by atoms with Crippen molar-refractivity contribution in [2.75, 3.05) is 6.61 Å². The van der Waals surface area contributed by atoms with Gasteiger partial charge < -0.3 is 20.6 Å². The van der Waals surface area contributed by atoms with Crippen LogP contribution in [0.1, 0.15) is 271 Å². The third-order valence-corrected chi connectivity index (χ3v) is 12.0.